The molecule has 4 heteroatoms. The number of nitrogens with two attached hydrogens (primary N) is 1. The van der Waals surface area contributed by atoms with Crippen LogP contribution in [0.2, 0.25) is 0 Å². The van der Waals surface area contributed by atoms with Crippen molar-refractivity contribution in [3.05, 3.63) is 0 Å². The molecular formula is C13H24N2OS. The van der Waals surface area contributed by atoms with Crippen molar-refractivity contribution in [1.82, 2.24) is 4.90 Å². The molecule has 0 atom stereocenters. The highest BCUT2D eigenvalue weighted by Gasteiger charge is 2.54. The Balaban J connectivity index is 2.68. The average molecular weight is 256 g/mol. The van der Waals surface area contributed by atoms with Crippen molar-refractivity contribution in [3.63, 3.8) is 0 Å². The molecule has 0 heterocycles. The first kappa shape index (κ1) is 14.4. The summed E-state index contributed by atoms with van der Waals surface area (Å²) in [7, 11) is 0. The van der Waals surface area contributed by atoms with Crippen LogP contribution in [-0.2, 0) is 4.79 Å². The van der Waals surface area contributed by atoms with Gasteiger partial charge in [-0.1, -0.05) is 38.9 Å². The molecule has 98 valence electrons. The normalized spacial score (nSPS) is 16.9. The molecule has 17 heavy (non-hydrogen) atoms. The van der Waals surface area contributed by atoms with Gasteiger partial charge in [0.1, 0.15) is 0 Å². The molecule has 1 saturated carbocycles. The van der Waals surface area contributed by atoms with Crippen LogP contribution in [0.3, 0.4) is 0 Å². The van der Waals surface area contributed by atoms with E-state index in [0.717, 1.165) is 38.8 Å². The van der Waals surface area contributed by atoms with E-state index in [4.69, 9.17) is 18.0 Å². The predicted octanol–water partition coefficient (Wildman–Crippen LogP) is 2.34. The minimum Gasteiger partial charge on any atom is -0.392 e. The molecule has 0 radical (unpaired) electrons. The second kappa shape index (κ2) is 5.80. The number of carbonyl (C=O) groups is 1. The maximum atomic E-state index is 12.4. The number of nitrogens with zero attached hydrogens (tertiary/aromatic N) is 1. The molecule has 0 unspecified atom stereocenters. The lowest BCUT2D eigenvalue weighted by molar-refractivity contribution is -0.135. The monoisotopic (exact) mass is 256 g/mol. The fourth-order valence-electron chi connectivity index (χ4n) is 2.21. The van der Waals surface area contributed by atoms with Crippen molar-refractivity contribution in [2.75, 3.05) is 13.1 Å². The van der Waals surface area contributed by atoms with E-state index in [9.17, 15) is 4.79 Å². The maximum Gasteiger partial charge on any atom is 0.235 e. The Labute approximate surface area is 110 Å². The fourth-order valence-corrected chi connectivity index (χ4v) is 2.50. The Bertz CT molecular complexity index is 296. The van der Waals surface area contributed by atoms with Gasteiger partial charge in [0.2, 0.25) is 5.91 Å². The van der Waals surface area contributed by atoms with Crippen LogP contribution in [0.5, 0.6) is 0 Å². The van der Waals surface area contributed by atoms with Crippen LogP contribution in [0.4, 0.5) is 0 Å². The Morgan fingerprint density at radius 3 is 2.18 bits per heavy atom. The molecule has 1 aliphatic carbocycles. The Kier molecular flexibility index (Phi) is 4.92. The first-order chi connectivity index (χ1) is 8.01. The first-order valence-electron chi connectivity index (χ1n) is 6.61. The largest absolute Gasteiger partial charge is 0.392 e. The smallest absolute Gasteiger partial charge is 0.235 e. The molecule has 0 aliphatic heterocycles. The molecule has 3 nitrogen and oxygen atoms in total. The summed E-state index contributed by atoms with van der Waals surface area (Å²) in [6, 6.07) is 0. The zero-order valence-electron chi connectivity index (χ0n) is 11.2. The van der Waals surface area contributed by atoms with E-state index >= 15 is 0 Å². The second-order valence-electron chi connectivity index (χ2n) is 4.97. The van der Waals surface area contributed by atoms with Gasteiger partial charge in [0.25, 0.3) is 0 Å². The lowest BCUT2D eigenvalue weighted by Crippen LogP contribution is -2.44. The van der Waals surface area contributed by atoms with Gasteiger partial charge >= 0.3 is 0 Å². The maximum absolute atomic E-state index is 12.4. The van der Waals surface area contributed by atoms with Crippen LogP contribution >= 0.6 is 12.2 Å². The molecule has 0 bridgehead atoms. The molecule has 0 aromatic heterocycles. The average Bonchev–Trinajstić information content (AvgIpc) is 3.11. The SMILES string of the molecule is CCC(CC)CN(CC)C(=O)C1(C(N)=S)CC1. The Morgan fingerprint density at radius 2 is 1.88 bits per heavy atom. The van der Waals surface area contributed by atoms with Gasteiger partial charge in [0.15, 0.2) is 0 Å². The van der Waals surface area contributed by atoms with Crippen LogP contribution in [0.25, 0.3) is 0 Å². The third kappa shape index (κ3) is 2.97. The summed E-state index contributed by atoms with van der Waals surface area (Å²) in [6.07, 6.45) is 3.89. The minimum absolute atomic E-state index is 0.152. The molecule has 1 aliphatic rings. The molecule has 1 rings (SSSR count). The van der Waals surface area contributed by atoms with Crippen LogP contribution in [0.1, 0.15) is 46.5 Å². The van der Waals surface area contributed by atoms with E-state index in [1.54, 1.807) is 0 Å². The van der Waals surface area contributed by atoms with Gasteiger partial charge in [-0.25, -0.2) is 0 Å². The third-order valence-electron chi connectivity index (χ3n) is 3.93. The van der Waals surface area contributed by atoms with Crippen molar-refractivity contribution in [2.45, 2.75) is 46.5 Å². The quantitative estimate of drug-likeness (QED) is 0.711. The minimum atomic E-state index is -0.489. The van der Waals surface area contributed by atoms with E-state index in [0.29, 0.717) is 10.9 Å². The lowest BCUT2D eigenvalue weighted by atomic mass is 10.0. The molecule has 1 amide bonds. The summed E-state index contributed by atoms with van der Waals surface area (Å²) in [5.41, 5.74) is 5.22. The van der Waals surface area contributed by atoms with Gasteiger partial charge in [0, 0.05) is 13.1 Å². The van der Waals surface area contributed by atoms with E-state index in [2.05, 4.69) is 13.8 Å². The predicted molar refractivity (Wildman–Crippen MR) is 74.8 cm³/mol. The number of hydrogen-bond donors (Lipinski definition) is 1. The van der Waals surface area contributed by atoms with Crippen molar-refractivity contribution in [1.29, 1.82) is 0 Å². The van der Waals surface area contributed by atoms with Crippen molar-refractivity contribution in [2.24, 2.45) is 17.1 Å². The van der Waals surface area contributed by atoms with Gasteiger partial charge in [0.05, 0.1) is 10.4 Å². The van der Waals surface area contributed by atoms with E-state index in [1.165, 1.54) is 0 Å². The summed E-state index contributed by atoms with van der Waals surface area (Å²) < 4.78 is 0. The zero-order valence-corrected chi connectivity index (χ0v) is 12.0. The molecule has 0 saturated heterocycles. The fraction of sp³-hybridized carbons (Fsp3) is 0.846. The zero-order chi connectivity index (χ0) is 13.1. The van der Waals surface area contributed by atoms with E-state index in [1.807, 2.05) is 11.8 Å². The van der Waals surface area contributed by atoms with Gasteiger partial charge in [-0.05, 0) is 25.7 Å². The van der Waals surface area contributed by atoms with Crippen LogP contribution in [0, 0.1) is 11.3 Å². The van der Waals surface area contributed by atoms with Crippen molar-refractivity contribution >= 4 is 23.1 Å². The molecule has 0 spiro atoms. The summed E-state index contributed by atoms with van der Waals surface area (Å²) in [6.45, 7) is 7.96. The summed E-state index contributed by atoms with van der Waals surface area (Å²) >= 11 is 5.04. The van der Waals surface area contributed by atoms with Crippen LogP contribution in [0.15, 0.2) is 0 Å². The summed E-state index contributed by atoms with van der Waals surface area (Å²) in [4.78, 5) is 14.7. The third-order valence-corrected chi connectivity index (χ3v) is 4.32. The molecule has 0 aromatic rings. The van der Waals surface area contributed by atoms with Crippen LogP contribution in [-0.4, -0.2) is 28.9 Å². The highest BCUT2D eigenvalue weighted by molar-refractivity contribution is 7.80. The number of rotatable bonds is 7. The lowest BCUT2D eigenvalue weighted by Gasteiger charge is -2.29. The molecular weight excluding hydrogens is 232 g/mol. The number of carbonyl (C=O) groups excluding carboxylic acids is 1. The van der Waals surface area contributed by atoms with E-state index in [-0.39, 0.29) is 5.91 Å². The van der Waals surface area contributed by atoms with Gasteiger partial charge in [-0.3, -0.25) is 4.79 Å². The highest BCUT2D eigenvalue weighted by atomic mass is 32.1. The van der Waals surface area contributed by atoms with E-state index < -0.39 is 5.41 Å². The Hall–Kier alpha value is -0.640. The summed E-state index contributed by atoms with van der Waals surface area (Å²) in [5.74, 6) is 0.737. The molecule has 0 aromatic carbocycles. The number of amides is 1. The van der Waals surface area contributed by atoms with Gasteiger partial charge in [-0.2, -0.15) is 0 Å². The second-order valence-corrected chi connectivity index (χ2v) is 5.41. The standard InChI is InChI=1S/C13H24N2OS/c1-4-10(5-2)9-15(6-3)12(16)13(7-8-13)11(14)17/h10H,4-9H2,1-3H3,(H2,14,17). The first-order valence-corrected chi connectivity index (χ1v) is 7.01. The number of thiocarbonyl (C=S) groups is 1. The van der Waals surface area contributed by atoms with Crippen molar-refractivity contribution in [3.8, 4) is 0 Å². The number of hydrogen-bond acceptors (Lipinski definition) is 2. The van der Waals surface area contributed by atoms with Gasteiger partial charge in [-0.15, -0.1) is 0 Å². The molecule has 2 N–H and O–H groups in total. The van der Waals surface area contributed by atoms with Gasteiger partial charge < -0.3 is 10.6 Å². The topological polar surface area (TPSA) is 46.3 Å². The van der Waals surface area contributed by atoms with Crippen LogP contribution < -0.4 is 5.73 Å². The summed E-state index contributed by atoms with van der Waals surface area (Å²) in [5, 5.41) is 0. The highest BCUT2D eigenvalue weighted by Crippen LogP contribution is 2.47. The molecule has 1 fully saturated rings. The Morgan fingerprint density at radius 1 is 1.35 bits per heavy atom. The van der Waals surface area contributed by atoms with Crippen molar-refractivity contribution < 1.29 is 4.79 Å².